The van der Waals surface area contributed by atoms with Crippen molar-refractivity contribution in [1.29, 1.82) is 0 Å². The van der Waals surface area contributed by atoms with Crippen LogP contribution in [-0.4, -0.2) is 34.5 Å². The Morgan fingerprint density at radius 2 is 1.52 bits per heavy atom. The summed E-state index contributed by atoms with van der Waals surface area (Å²) in [6.07, 6.45) is 2.21. The first-order valence-electron chi connectivity index (χ1n) is 9.23. The second kappa shape index (κ2) is 8.52. The smallest absolute Gasteiger partial charge is 0.255 e. The predicted molar refractivity (Wildman–Crippen MR) is 112 cm³/mol. The summed E-state index contributed by atoms with van der Waals surface area (Å²) in [7, 11) is -6.94. The highest BCUT2D eigenvalue weighted by atomic mass is 32.2. The zero-order valence-electron chi connectivity index (χ0n) is 15.9. The highest BCUT2D eigenvalue weighted by Gasteiger charge is 2.27. The first kappa shape index (κ1) is 21.3. The van der Waals surface area contributed by atoms with Gasteiger partial charge in [-0.15, -0.1) is 0 Å². The second-order valence-corrected chi connectivity index (χ2v) is 10.4. The topological polar surface area (TPSA) is 121 Å². The minimum atomic E-state index is -3.56. The summed E-state index contributed by atoms with van der Waals surface area (Å²) >= 11 is 0. The molecule has 10 heteroatoms. The Balaban J connectivity index is 1.62. The molecule has 1 saturated carbocycles. The fraction of sp³-hybridized carbons (Fsp3) is 0.316. The molecule has 1 fully saturated rings. The molecule has 2 aromatic carbocycles. The van der Waals surface area contributed by atoms with Crippen molar-refractivity contribution in [2.75, 3.05) is 15.8 Å². The van der Waals surface area contributed by atoms with Crippen LogP contribution < -0.4 is 14.8 Å². The molecule has 0 saturated heterocycles. The van der Waals surface area contributed by atoms with Gasteiger partial charge in [-0.2, -0.15) is 0 Å². The number of benzene rings is 2. The first-order chi connectivity index (χ1) is 13.7. The molecule has 8 nitrogen and oxygen atoms in total. The quantitative estimate of drug-likeness (QED) is 0.557. The molecule has 156 valence electrons. The zero-order chi connectivity index (χ0) is 21.1. The average molecular weight is 438 g/mol. The Bertz CT molecular complexity index is 1080. The van der Waals surface area contributed by atoms with Crippen molar-refractivity contribution in [3.05, 3.63) is 54.1 Å². The van der Waals surface area contributed by atoms with E-state index in [-0.39, 0.29) is 16.7 Å². The van der Waals surface area contributed by atoms with Crippen molar-refractivity contribution in [3.63, 3.8) is 0 Å². The normalized spacial score (nSPS) is 14.4. The molecule has 1 aliphatic carbocycles. The summed E-state index contributed by atoms with van der Waals surface area (Å²) in [5.74, 6) is -0.365. The molecular weight excluding hydrogens is 414 g/mol. The Morgan fingerprint density at radius 1 is 0.931 bits per heavy atom. The van der Waals surface area contributed by atoms with Crippen LogP contribution in [0.2, 0.25) is 0 Å². The highest BCUT2D eigenvalue weighted by molar-refractivity contribution is 7.92. The van der Waals surface area contributed by atoms with Gasteiger partial charge in [-0.05, 0) is 67.8 Å². The van der Waals surface area contributed by atoms with E-state index in [1.165, 1.54) is 24.3 Å². The lowest BCUT2D eigenvalue weighted by molar-refractivity contribution is 0.102. The number of hydrogen-bond donors (Lipinski definition) is 3. The van der Waals surface area contributed by atoms with Gasteiger partial charge in [0.25, 0.3) is 5.91 Å². The summed E-state index contributed by atoms with van der Waals surface area (Å²) in [6, 6.07) is 12.0. The van der Waals surface area contributed by atoms with Gasteiger partial charge in [-0.25, -0.2) is 21.6 Å². The van der Waals surface area contributed by atoms with E-state index in [1.807, 2.05) is 0 Å². The van der Waals surface area contributed by atoms with E-state index >= 15 is 0 Å². The molecule has 0 unspecified atom stereocenters. The van der Waals surface area contributed by atoms with Crippen LogP contribution in [0.15, 0.2) is 53.4 Å². The van der Waals surface area contributed by atoms with Gasteiger partial charge >= 0.3 is 0 Å². The number of carbonyl (C=O) groups excluding carboxylic acids is 1. The Kier molecular flexibility index (Phi) is 6.25. The number of amides is 1. The number of sulfonamides is 2. The molecule has 0 heterocycles. The van der Waals surface area contributed by atoms with Crippen LogP contribution in [-0.2, 0) is 20.0 Å². The van der Waals surface area contributed by atoms with E-state index in [4.69, 9.17) is 0 Å². The summed E-state index contributed by atoms with van der Waals surface area (Å²) in [4.78, 5) is 12.5. The largest absolute Gasteiger partial charge is 0.322 e. The maximum Gasteiger partial charge on any atom is 0.255 e. The van der Waals surface area contributed by atoms with Gasteiger partial charge in [0.15, 0.2) is 0 Å². The van der Waals surface area contributed by atoms with Gasteiger partial charge in [0, 0.05) is 23.0 Å². The summed E-state index contributed by atoms with van der Waals surface area (Å²) in [5, 5.41) is 2.69. The van der Waals surface area contributed by atoms with Crippen LogP contribution in [0.25, 0.3) is 0 Å². The standard InChI is InChI=1S/C19H23N3O5S2/c1-2-13-28(24,25)21-16-7-5-15(6-8-16)20-19(23)14-3-11-18(12-4-14)29(26,27)22-17-9-10-17/h3-8,11-12,17,21-22H,2,9-10,13H2,1H3,(H,20,23). The van der Waals surface area contributed by atoms with Crippen molar-refractivity contribution < 1.29 is 21.6 Å². The van der Waals surface area contributed by atoms with E-state index in [2.05, 4.69) is 14.8 Å². The third-order valence-corrected chi connectivity index (χ3v) is 7.24. The molecule has 3 rings (SSSR count). The van der Waals surface area contributed by atoms with Gasteiger partial charge in [0.1, 0.15) is 0 Å². The molecule has 2 aromatic rings. The zero-order valence-corrected chi connectivity index (χ0v) is 17.5. The maximum absolute atomic E-state index is 12.4. The van der Waals surface area contributed by atoms with Gasteiger partial charge in [-0.1, -0.05) is 6.92 Å². The van der Waals surface area contributed by atoms with Crippen LogP contribution in [0.4, 0.5) is 11.4 Å². The SMILES string of the molecule is CCCS(=O)(=O)Nc1ccc(NC(=O)c2ccc(S(=O)(=O)NC3CC3)cc2)cc1. The number of carbonyl (C=O) groups is 1. The molecule has 0 atom stereocenters. The van der Waals surface area contributed by atoms with Gasteiger partial charge in [0.2, 0.25) is 20.0 Å². The third-order valence-electron chi connectivity index (χ3n) is 4.21. The molecular formula is C19H23N3O5S2. The minimum Gasteiger partial charge on any atom is -0.322 e. The van der Waals surface area contributed by atoms with Crippen molar-refractivity contribution >= 4 is 37.3 Å². The van der Waals surface area contributed by atoms with E-state index in [0.29, 0.717) is 23.4 Å². The summed E-state index contributed by atoms with van der Waals surface area (Å²) in [5.41, 5.74) is 1.21. The molecule has 0 bridgehead atoms. The van der Waals surface area contributed by atoms with Crippen molar-refractivity contribution in [2.24, 2.45) is 0 Å². The van der Waals surface area contributed by atoms with Crippen LogP contribution in [0.5, 0.6) is 0 Å². The third kappa shape index (κ3) is 6.02. The van der Waals surface area contributed by atoms with Crippen LogP contribution >= 0.6 is 0 Å². The summed E-state index contributed by atoms with van der Waals surface area (Å²) in [6.45, 7) is 1.78. The van der Waals surface area contributed by atoms with Crippen molar-refractivity contribution in [3.8, 4) is 0 Å². The lowest BCUT2D eigenvalue weighted by Gasteiger charge is -2.10. The molecule has 3 N–H and O–H groups in total. The number of hydrogen-bond acceptors (Lipinski definition) is 5. The Labute approximate surface area is 170 Å². The first-order valence-corrected chi connectivity index (χ1v) is 12.4. The van der Waals surface area contributed by atoms with Crippen LogP contribution in [0.1, 0.15) is 36.5 Å². The Morgan fingerprint density at radius 3 is 2.07 bits per heavy atom. The van der Waals surface area contributed by atoms with E-state index in [1.54, 1.807) is 31.2 Å². The molecule has 0 aromatic heterocycles. The van der Waals surface area contributed by atoms with E-state index in [0.717, 1.165) is 12.8 Å². The minimum absolute atomic E-state index is 0.0115. The van der Waals surface area contributed by atoms with Gasteiger partial charge < -0.3 is 5.32 Å². The van der Waals surface area contributed by atoms with Gasteiger partial charge in [-0.3, -0.25) is 9.52 Å². The molecule has 0 spiro atoms. The monoisotopic (exact) mass is 437 g/mol. The fourth-order valence-corrected chi connectivity index (χ4v) is 5.04. The van der Waals surface area contributed by atoms with E-state index in [9.17, 15) is 21.6 Å². The number of nitrogens with one attached hydrogen (secondary N) is 3. The molecule has 0 aliphatic heterocycles. The number of anilines is 2. The van der Waals surface area contributed by atoms with Crippen molar-refractivity contribution in [1.82, 2.24) is 4.72 Å². The van der Waals surface area contributed by atoms with Crippen LogP contribution in [0.3, 0.4) is 0 Å². The Hall–Kier alpha value is -2.43. The molecule has 1 aliphatic rings. The summed E-state index contributed by atoms with van der Waals surface area (Å²) < 4.78 is 52.9. The molecule has 29 heavy (non-hydrogen) atoms. The van der Waals surface area contributed by atoms with Gasteiger partial charge in [0.05, 0.1) is 10.6 Å². The van der Waals surface area contributed by atoms with Crippen LogP contribution in [0, 0.1) is 0 Å². The highest BCUT2D eigenvalue weighted by Crippen LogP contribution is 2.22. The number of rotatable bonds is 9. The molecule has 1 amide bonds. The molecule has 0 radical (unpaired) electrons. The van der Waals surface area contributed by atoms with E-state index < -0.39 is 26.0 Å². The second-order valence-electron chi connectivity index (χ2n) is 6.87. The lowest BCUT2D eigenvalue weighted by atomic mass is 10.2. The average Bonchev–Trinajstić information content (AvgIpc) is 3.46. The predicted octanol–water partition coefficient (Wildman–Crippen LogP) is 2.53. The maximum atomic E-state index is 12.4. The van der Waals surface area contributed by atoms with Crippen molar-refractivity contribution in [2.45, 2.75) is 37.1 Å². The lowest BCUT2D eigenvalue weighted by Crippen LogP contribution is -2.25. The fourth-order valence-electron chi connectivity index (χ4n) is 2.60.